The molecule has 11 rings (SSSR count). The summed E-state index contributed by atoms with van der Waals surface area (Å²) in [5, 5.41) is 16.7. The Hall–Kier alpha value is -7.42. The SMILES string of the molecule is N#Cc1ccc2c(c1)c1ccccc1n2-c1cccc(-c2cccc(-n3c4cnccc4c4ccc5c(c6ccccc6n5-c5ccccc5)c43)c2)c1. The number of aromatic nitrogens is 4. The van der Waals surface area contributed by atoms with Gasteiger partial charge in [-0.3, -0.25) is 4.98 Å². The van der Waals surface area contributed by atoms with Crippen LogP contribution in [0.25, 0.3) is 93.6 Å². The Balaban J connectivity index is 1.15. The fourth-order valence-electron chi connectivity index (χ4n) is 8.50. The molecule has 5 heteroatoms. The molecule has 0 saturated heterocycles. The molecule has 0 aliphatic carbocycles. The summed E-state index contributed by atoms with van der Waals surface area (Å²) in [5.74, 6) is 0. The van der Waals surface area contributed by atoms with Crippen LogP contribution in [0.15, 0.2) is 176 Å². The minimum absolute atomic E-state index is 0.660. The van der Waals surface area contributed by atoms with E-state index in [0.717, 1.165) is 55.5 Å². The highest BCUT2D eigenvalue weighted by atomic mass is 15.0. The summed E-state index contributed by atoms with van der Waals surface area (Å²) >= 11 is 0. The van der Waals surface area contributed by atoms with Crippen LogP contribution in [-0.2, 0) is 0 Å². The summed E-state index contributed by atoms with van der Waals surface area (Å²) in [6.07, 6.45) is 3.88. The number of pyridine rings is 1. The molecule has 0 aliphatic rings. The number of fused-ring (bicyclic) bond motifs is 10. The zero-order valence-corrected chi connectivity index (χ0v) is 28.5. The van der Waals surface area contributed by atoms with Gasteiger partial charge in [-0.25, -0.2) is 0 Å². The zero-order chi connectivity index (χ0) is 35.0. The largest absolute Gasteiger partial charge is 0.309 e. The molecule has 0 spiro atoms. The molecule has 5 nitrogen and oxygen atoms in total. The highest BCUT2D eigenvalue weighted by Crippen LogP contribution is 2.42. The molecule has 0 radical (unpaired) electrons. The first-order valence-electron chi connectivity index (χ1n) is 17.8. The van der Waals surface area contributed by atoms with Crippen LogP contribution in [0, 0.1) is 11.3 Å². The van der Waals surface area contributed by atoms with E-state index in [1.54, 1.807) is 0 Å². The summed E-state index contributed by atoms with van der Waals surface area (Å²) in [6.45, 7) is 0. The third-order valence-electron chi connectivity index (χ3n) is 10.7. The second-order valence-corrected chi connectivity index (χ2v) is 13.6. The van der Waals surface area contributed by atoms with Crippen molar-refractivity contribution in [2.75, 3.05) is 0 Å². The molecule has 0 N–H and O–H groups in total. The third-order valence-corrected chi connectivity index (χ3v) is 10.7. The van der Waals surface area contributed by atoms with Gasteiger partial charge >= 0.3 is 0 Å². The van der Waals surface area contributed by atoms with Gasteiger partial charge in [-0.1, -0.05) is 84.9 Å². The van der Waals surface area contributed by atoms with Crippen molar-refractivity contribution >= 4 is 65.4 Å². The minimum Gasteiger partial charge on any atom is -0.309 e. The van der Waals surface area contributed by atoms with Gasteiger partial charge in [0, 0.05) is 55.6 Å². The van der Waals surface area contributed by atoms with Gasteiger partial charge in [-0.05, 0) is 90.0 Å². The number of hydrogen-bond donors (Lipinski definition) is 0. The molecule has 0 amide bonds. The predicted molar refractivity (Wildman–Crippen MR) is 217 cm³/mol. The quantitative estimate of drug-likeness (QED) is 0.186. The summed E-state index contributed by atoms with van der Waals surface area (Å²) in [5.41, 5.74) is 13.0. The third kappa shape index (κ3) is 4.27. The van der Waals surface area contributed by atoms with Gasteiger partial charge in [0.25, 0.3) is 0 Å². The van der Waals surface area contributed by atoms with Crippen LogP contribution >= 0.6 is 0 Å². The number of para-hydroxylation sites is 3. The molecule has 53 heavy (non-hydrogen) atoms. The number of nitriles is 1. The van der Waals surface area contributed by atoms with E-state index < -0.39 is 0 Å². The average Bonchev–Trinajstić information content (AvgIpc) is 3.87. The number of rotatable bonds is 4. The Morgan fingerprint density at radius 2 is 1.02 bits per heavy atom. The standard InChI is InChI=1S/C48H29N5/c49-29-31-20-22-44-41(26-31)37-16-4-6-18-42(37)52(44)35-14-8-10-32(27-35)33-11-9-15-36(28-33)53-46-30-50-25-24-38(46)39-21-23-45-47(48(39)53)40-17-5-7-19-43(40)51(45)34-12-2-1-3-13-34/h1-28,30H. The van der Waals surface area contributed by atoms with Crippen molar-refractivity contribution in [2.45, 2.75) is 0 Å². The summed E-state index contributed by atoms with van der Waals surface area (Å²) < 4.78 is 7.08. The lowest BCUT2D eigenvalue weighted by Gasteiger charge is -2.13. The molecule has 7 aromatic carbocycles. The zero-order valence-electron chi connectivity index (χ0n) is 28.5. The van der Waals surface area contributed by atoms with E-state index >= 15 is 0 Å². The van der Waals surface area contributed by atoms with Crippen LogP contribution in [0.4, 0.5) is 0 Å². The average molecular weight is 676 g/mol. The van der Waals surface area contributed by atoms with Crippen molar-refractivity contribution in [1.29, 1.82) is 5.26 Å². The van der Waals surface area contributed by atoms with Crippen LogP contribution in [0.5, 0.6) is 0 Å². The van der Waals surface area contributed by atoms with Crippen LogP contribution in [-0.4, -0.2) is 18.7 Å². The van der Waals surface area contributed by atoms with Gasteiger partial charge < -0.3 is 13.7 Å². The van der Waals surface area contributed by atoms with E-state index in [0.29, 0.717) is 5.56 Å². The van der Waals surface area contributed by atoms with Gasteiger partial charge in [0.2, 0.25) is 0 Å². The second-order valence-electron chi connectivity index (χ2n) is 13.6. The Morgan fingerprint density at radius 1 is 0.415 bits per heavy atom. The molecule has 0 bridgehead atoms. The molecule has 4 heterocycles. The molecule has 0 aliphatic heterocycles. The van der Waals surface area contributed by atoms with E-state index in [1.807, 2.05) is 24.5 Å². The fraction of sp³-hybridized carbons (Fsp3) is 0. The van der Waals surface area contributed by atoms with Crippen molar-refractivity contribution in [3.8, 4) is 34.3 Å². The van der Waals surface area contributed by atoms with Crippen molar-refractivity contribution in [3.63, 3.8) is 0 Å². The topological polar surface area (TPSA) is 51.5 Å². The van der Waals surface area contributed by atoms with Crippen molar-refractivity contribution < 1.29 is 0 Å². The normalized spacial score (nSPS) is 11.8. The molecule has 0 atom stereocenters. The molecule has 246 valence electrons. The van der Waals surface area contributed by atoms with Gasteiger partial charge in [0.05, 0.1) is 50.9 Å². The first-order valence-corrected chi connectivity index (χ1v) is 17.8. The van der Waals surface area contributed by atoms with E-state index in [4.69, 9.17) is 0 Å². The minimum atomic E-state index is 0.660. The molecule has 0 saturated carbocycles. The van der Waals surface area contributed by atoms with Crippen molar-refractivity contribution in [3.05, 3.63) is 182 Å². The molecule has 4 aromatic heterocycles. The van der Waals surface area contributed by atoms with Crippen LogP contribution in [0.3, 0.4) is 0 Å². The Labute approximate surface area is 304 Å². The lowest BCUT2D eigenvalue weighted by Crippen LogP contribution is -1.97. The second kappa shape index (κ2) is 11.3. The monoisotopic (exact) mass is 675 g/mol. The Morgan fingerprint density at radius 3 is 1.79 bits per heavy atom. The molecule has 0 fully saturated rings. The molecular formula is C48H29N5. The highest BCUT2D eigenvalue weighted by molar-refractivity contribution is 6.26. The molecule has 11 aromatic rings. The Bertz CT molecular complexity index is 3300. The Kier molecular flexibility index (Phi) is 6.25. The van der Waals surface area contributed by atoms with Gasteiger partial charge in [-0.2, -0.15) is 5.26 Å². The fourth-order valence-corrected chi connectivity index (χ4v) is 8.50. The maximum atomic E-state index is 9.65. The van der Waals surface area contributed by atoms with E-state index in [2.05, 4.69) is 176 Å². The summed E-state index contributed by atoms with van der Waals surface area (Å²) in [7, 11) is 0. The smallest absolute Gasteiger partial charge is 0.0991 e. The van der Waals surface area contributed by atoms with Crippen LogP contribution in [0.2, 0.25) is 0 Å². The predicted octanol–water partition coefficient (Wildman–Crippen LogP) is 11.9. The van der Waals surface area contributed by atoms with Crippen LogP contribution in [0.1, 0.15) is 5.56 Å². The van der Waals surface area contributed by atoms with Crippen LogP contribution < -0.4 is 0 Å². The van der Waals surface area contributed by atoms with Crippen molar-refractivity contribution in [2.24, 2.45) is 0 Å². The van der Waals surface area contributed by atoms with E-state index in [9.17, 15) is 5.26 Å². The van der Waals surface area contributed by atoms with Gasteiger partial charge in [0.1, 0.15) is 0 Å². The lowest BCUT2D eigenvalue weighted by molar-refractivity contribution is 1.16. The lowest BCUT2D eigenvalue weighted by atomic mass is 10.0. The highest BCUT2D eigenvalue weighted by Gasteiger charge is 2.21. The van der Waals surface area contributed by atoms with Gasteiger partial charge in [-0.15, -0.1) is 0 Å². The number of hydrogen-bond acceptors (Lipinski definition) is 2. The number of nitrogens with zero attached hydrogens (tertiary/aromatic N) is 5. The summed E-state index contributed by atoms with van der Waals surface area (Å²) in [4.78, 5) is 4.62. The van der Waals surface area contributed by atoms with E-state index in [-0.39, 0.29) is 0 Å². The maximum absolute atomic E-state index is 9.65. The van der Waals surface area contributed by atoms with Gasteiger partial charge in [0.15, 0.2) is 0 Å². The molecule has 0 unspecified atom stereocenters. The van der Waals surface area contributed by atoms with Crippen molar-refractivity contribution in [1.82, 2.24) is 18.7 Å². The first-order chi connectivity index (χ1) is 26.3. The molecular weight excluding hydrogens is 647 g/mol. The summed E-state index contributed by atoms with van der Waals surface area (Å²) in [6, 6.07) is 60.3. The number of benzene rings is 7. The maximum Gasteiger partial charge on any atom is 0.0991 e. The first kappa shape index (κ1) is 29.3. The van der Waals surface area contributed by atoms with E-state index in [1.165, 1.54) is 38.1 Å².